The maximum atomic E-state index is 6.33. The molecule has 3 aromatic heterocycles. The summed E-state index contributed by atoms with van der Waals surface area (Å²) in [5, 5.41) is 9.79. The quantitative estimate of drug-likeness (QED) is 0.180. The van der Waals surface area contributed by atoms with E-state index in [-0.39, 0.29) is 0 Å². The Labute approximate surface area is 340 Å². The number of rotatable bonds is 3. The van der Waals surface area contributed by atoms with Gasteiger partial charge in [0.05, 0.1) is 16.7 Å². The molecule has 0 amide bonds. The van der Waals surface area contributed by atoms with E-state index < -0.39 is 0 Å². The maximum Gasteiger partial charge on any atom is 0.159 e. The van der Waals surface area contributed by atoms with E-state index in [0.29, 0.717) is 5.82 Å². The Bertz CT molecular complexity index is 3620. The number of fused-ring (bicyclic) bond motifs is 10. The number of benzene rings is 9. The van der Waals surface area contributed by atoms with Crippen molar-refractivity contribution in [2.45, 2.75) is 6.92 Å². The zero-order valence-electron chi connectivity index (χ0n) is 32.2. The number of para-hydroxylation sites is 2. The van der Waals surface area contributed by atoms with Gasteiger partial charge in [-0.2, -0.15) is 0 Å². The summed E-state index contributed by atoms with van der Waals surface area (Å²) in [4.78, 5) is 10.00. The molecule has 59 heavy (non-hydrogen) atoms. The van der Waals surface area contributed by atoms with Gasteiger partial charge in [-0.15, -0.1) is 0 Å². The van der Waals surface area contributed by atoms with Crippen LogP contribution in [-0.2, 0) is 0 Å². The Balaban J connectivity index is 0.000000297. The first-order valence-electron chi connectivity index (χ1n) is 20.1. The first-order chi connectivity index (χ1) is 29.2. The van der Waals surface area contributed by atoms with E-state index in [1.165, 1.54) is 60.0 Å². The van der Waals surface area contributed by atoms with Crippen LogP contribution in [0.25, 0.3) is 116 Å². The summed E-state index contributed by atoms with van der Waals surface area (Å²) in [6.45, 7) is 2.14. The summed E-state index contributed by atoms with van der Waals surface area (Å²) < 4.78 is 8.69. The van der Waals surface area contributed by atoms with Crippen LogP contribution in [-0.4, -0.2) is 14.5 Å². The molecule has 0 radical (unpaired) electrons. The van der Waals surface area contributed by atoms with Crippen molar-refractivity contribution >= 4 is 65.3 Å². The molecule has 4 nitrogen and oxygen atoms in total. The van der Waals surface area contributed by atoms with Crippen molar-refractivity contribution in [2.24, 2.45) is 0 Å². The molecule has 3 heterocycles. The van der Waals surface area contributed by atoms with Crippen molar-refractivity contribution < 1.29 is 4.42 Å². The van der Waals surface area contributed by atoms with Gasteiger partial charge in [0.25, 0.3) is 0 Å². The molecule has 12 aromatic rings. The van der Waals surface area contributed by atoms with Gasteiger partial charge in [-0.3, -0.25) is 0 Å². The Morgan fingerprint density at radius 1 is 0.441 bits per heavy atom. The molecule has 0 fully saturated rings. The maximum absolute atomic E-state index is 6.33. The van der Waals surface area contributed by atoms with Crippen molar-refractivity contribution in [3.05, 3.63) is 200 Å². The number of aryl methyl sites for hydroxylation is 1. The molecule has 1 aliphatic carbocycles. The van der Waals surface area contributed by atoms with Crippen molar-refractivity contribution in [2.75, 3.05) is 0 Å². The summed E-state index contributed by atoms with van der Waals surface area (Å²) in [5.74, 6) is 0.713. The molecule has 4 heteroatoms. The molecule has 0 bridgehead atoms. The topological polar surface area (TPSA) is 43.9 Å². The Morgan fingerprint density at radius 2 is 1.07 bits per heavy atom. The van der Waals surface area contributed by atoms with E-state index in [1.807, 2.05) is 12.3 Å². The molecule has 0 aliphatic heterocycles. The minimum Gasteiger partial charge on any atom is -0.456 e. The second-order valence-electron chi connectivity index (χ2n) is 15.4. The van der Waals surface area contributed by atoms with Crippen LogP contribution in [0.4, 0.5) is 0 Å². The number of furan rings is 1. The van der Waals surface area contributed by atoms with Gasteiger partial charge in [0, 0.05) is 50.1 Å². The second kappa shape index (κ2) is 13.1. The van der Waals surface area contributed by atoms with Gasteiger partial charge < -0.3 is 8.98 Å². The van der Waals surface area contributed by atoms with Gasteiger partial charge in [0.15, 0.2) is 5.82 Å². The molecule has 13 rings (SSSR count). The standard InChI is InChI=1S/C44H25N3O.C11H10/c1-2-10-30(11-3-1)47-38-15-5-4-12-31(38)32-19-16-28(24-39(32)47)27-17-20-40-35(22-27)36-23-29(18-21-41(36)48-40)44-45-25-37-33-13-6-8-26-9-7-14-34(42(26)33)43(37)46-44;1-9-5-4-7-10-6-2-3-8-11(9)10/h1-25H;2-8H,1H3. The third-order valence-electron chi connectivity index (χ3n) is 12.0. The highest BCUT2D eigenvalue weighted by Gasteiger charge is 2.24. The number of nitrogens with zero attached hydrogens (tertiary/aromatic N) is 3. The van der Waals surface area contributed by atoms with Gasteiger partial charge >= 0.3 is 0 Å². The first-order valence-corrected chi connectivity index (χ1v) is 20.1. The number of aromatic nitrogens is 3. The monoisotopic (exact) mass is 753 g/mol. The third-order valence-corrected chi connectivity index (χ3v) is 12.0. The van der Waals surface area contributed by atoms with Crippen molar-refractivity contribution in [3.63, 3.8) is 0 Å². The molecular formula is C55H35N3O. The molecule has 1 aliphatic rings. The van der Waals surface area contributed by atoms with Crippen LogP contribution in [0.3, 0.4) is 0 Å². The van der Waals surface area contributed by atoms with Crippen LogP contribution in [0.1, 0.15) is 5.56 Å². The predicted molar refractivity (Wildman–Crippen MR) is 245 cm³/mol. The third kappa shape index (κ3) is 5.30. The SMILES string of the molecule is Cc1cccc2ccccc12.c1ccc(-n2c3ccccc3c3ccc(-c4ccc5oc6ccc(-c7ncc8c(n7)-c7cccc9cccc-8c79)cc6c5c4)cc32)cc1. The average Bonchev–Trinajstić information content (AvgIpc) is 3.95. The van der Waals surface area contributed by atoms with E-state index in [9.17, 15) is 0 Å². The Hall–Kier alpha value is -7.82. The fourth-order valence-electron chi connectivity index (χ4n) is 9.17. The zero-order chi connectivity index (χ0) is 39.0. The smallest absolute Gasteiger partial charge is 0.159 e. The molecule has 0 saturated carbocycles. The van der Waals surface area contributed by atoms with E-state index in [0.717, 1.165) is 55.6 Å². The van der Waals surface area contributed by atoms with Gasteiger partial charge in [-0.1, -0.05) is 133 Å². The summed E-state index contributed by atoms with van der Waals surface area (Å²) >= 11 is 0. The fraction of sp³-hybridized carbons (Fsp3) is 0.0182. The normalized spacial score (nSPS) is 11.8. The highest BCUT2D eigenvalue weighted by molar-refractivity contribution is 6.15. The van der Waals surface area contributed by atoms with Crippen molar-refractivity contribution in [1.29, 1.82) is 0 Å². The van der Waals surface area contributed by atoms with E-state index in [4.69, 9.17) is 14.4 Å². The van der Waals surface area contributed by atoms with Crippen LogP contribution in [0.2, 0.25) is 0 Å². The minimum atomic E-state index is 0.713. The lowest BCUT2D eigenvalue weighted by atomic mass is 10.0. The van der Waals surface area contributed by atoms with Gasteiger partial charge in [0.1, 0.15) is 11.2 Å². The van der Waals surface area contributed by atoms with Crippen LogP contribution in [0.5, 0.6) is 0 Å². The molecule has 0 saturated heterocycles. The lowest BCUT2D eigenvalue weighted by Gasteiger charge is -2.09. The van der Waals surface area contributed by atoms with E-state index >= 15 is 0 Å². The molecule has 0 unspecified atom stereocenters. The van der Waals surface area contributed by atoms with Gasteiger partial charge in [-0.25, -0.2) is 9.97 Å². The molecule has 0 N–H and O–H groups in total. The van der Waals surface area contributed by atoms with Gasteiger partial charge in [0.2, 0.25) is 0 Å². The summed E-state index contributed by atoms with van der Waals surface area (Å²) in [7, 11) is 0. The summed E-state index contributed by atoms with van der Waals surface area (Å²) in [6, 6.07) is 66.5. The average molecular weight is 754 g/mol. The summed E-state index contributed by atoms with van der Waals surface area (Å²) in [5.41, 5.74) is 14.3. The Morgan fingerprint density at radius 3 is 1.90 bits per heavy atom. The van der Waals surface area contributed by atoms with E-state index in [2.05, 4.69) is 193 Å². The Kier molecular flexibility index (Phi) is 7.41. The van der Waals surface area contributed by atoms with Crippen molar-refractivity contribution in [3.8, 4) is 50.6 Å². The predicted octanol–water partition coefficient (Wildman–Crippen LogP) is 14.8. The van der Waals surface area contributed by atoms with Crippen LogP contribution < -0.4 is 0 Å². The van der Waals surface area contributed by atoms with Crippen LogP contribution in [0.15, 0.2) is 199 Å². The van der Waals surface area contributed by atoms with E-state index in [1.54, 1.807) is 0 Å². The zero-order valence-corrected chi connectivity index (χ0v) is 32.2. The lowest BCUT2D eigenvalue weighted by Crippen LogP contribution is -1.93. The minimum absolute atomic E-state index is 0.713. The largest absolute Gasteiger partial charge is 0.456 e. The molecule has 0 spiro atoms. The molecular weight excluding hydrogens is 719 g/mol. The lowest BCUT2D eigenvalue weighted by molar-refractivity contribution is 0.669. The van der Waals surface area contributed by atoms with Crippen LogP contribution in [0, 0.1) is 6.92 Å². The number of hydrogen-bond donors (Lipinski definition) is 0. The number of hydrogen-bond acceptors (Lipinski definition) is 3. The van der Waals surface area contributed by atoms with Gasteiger partial charge in [-0.05, 0) is 105 Å². The molecule has 9 aromatic carbocycles. The molecule has 0 atom stereocenters. The molecule has 276 valence electrons. The highest BCUT2D eigenvalue weighted by atomic mass is 16.3. The first kappa shape index (κ1) is 33.3. The summed E-state index contributed by atoms with van der Waals surface area (Å²) in [6.07, 6.45) is 1.98. The highest BCUT2D eigenvalue weighted by Crippen LogP contribution is 2.46. The van der Waals surface area contributed by atoms with Crippen molar-refractivity contribution in [1.82, 2.24) is 14.5 Å². The van der Waals surface area contributed by atoms with Crippen LogP contribution >= 0.6 is 0 Å². The fourth-order valence-corrected chi connectivity index (χ4v) is 9.17. The second-order valence-corrected chi connectivity index (χ2v) is 15.4.